The van der Waals surface area contributed by atoms with Gasteiger partial charge in [0.1, 0.15) is 0 Å². The number of benzene rings is 1. The highest BCUT2D eigenvalue weighted by molar-refractivity contribution is 5.14. The summed E-state index contributed by atoms with van der Waals surface area (Å²) in [5.74, 6) is 0. The van der Waals surface area contributed by atoms with E-state index in [0.717, 1.165) is 12.8 Å². The topological polar surface area (TPSA) is 55.5 Å². The molecule has 0 saturated heterocycles. The first-order valence-corrected chi connectivity index (χ1v) is 6.97. The summed E-state index contributed by atoms with van der Waals surface area (Å²) >= 11 is 0. The number of ether oxygens (including phenoxy) is 1. The second kappa shape index (κ2) is 7.63. The molecule has 0 amide bonds. The molecule has 0 aromatic heterocycles. The summed E-state index contributed by atoms with van der Waals surface area (Å²) < 4.78 is 5.73. The van der Waals surface area contributed by atoms with E-state index in [4.69, 9.17) is 10.5 Å². The minimum absolute atomic E-state index is 0.0240. The van der Waals surface area contributed by atoms with Crippen LogP contribution >= 0.6 is 0 Å². The fraction of sp³-hybridized carbons (Fsp3) is 0.625. The maximum Gasteiger partial charge on any atom is 0.0961 e. The van der Waals surface area contributed by atoms with Crippen molar-refractivity contribution in [2.45, 2.75) is 45.8 Å². The maximum atomic E-state index is 9.37. The summed E-state index contributed by atoms with van der Waals surface area (Å²) in [6.07, 6.45) is 1.65. The van der Waals surface area contributed by atoms with Crippen LogP contribution in [-0.2, 0) is 11.2 Å². The van der Waals surface area contributed by atoms with Gasteiger partial charge in [0.2, 0.25) is 0 Å². The molecule has 0 spiro atoms. The van der Waals surface area contributed by atoms with Crippen molar-refractivity contribution in [3.8, 4) is 0 Å². The van der Waals surface area contributed by atoms with Crippen molar-refractivity contribution in [3.63, 3.8) is 0 Å². The van der Waals surface area contributed by atoms with Gasteiger partial charge in [-0.15, -0.1) is 0 Å². The number of nitrogens with two attached hydrogens (primary N) is 1. The smallest absolute Gasteiger partial charge is 0.0961 e. The third-order valence-corrected chi connectivity index (χ3v) is 3.37. The van der Waals surface area contributed by atoms with Crippen molar-refractivity contribution >= 4 is 0 Å². The summed E-state index contributed by atoms with van der Waals surface area (Å²) in [6.45, 7) is 6.79. The van der Waals surface area contributed by atoms with Gasteiger partial charge in [-0.3, -0.25) is 0 Å². The molecule has 108 valence electrons. The van der Waals surface area contributed by atoms with Gasteiger partial charge >= 0.3 is 0 Å². The van der Waals surface area contributed by atoms with E-state index in [2.05, 4.69) is 32.9 Å². The molecule has 1 rings (SSSR count). The molecule has 0 radical (unpaired) electrons. The number of hydrogen-bond donors (Lipinski definition) is 2. The molecule has 1 aromatic rings. The van der Waals surface area contributed by atoms with Crippen LogP contribution in [0.4, 0.5) is 0 Å². The highest BCUT2D eigenvalue weighted by Gasteiger charge is 2.28. The summed E-state index contributed by atoms with van der Waals surface area (Å²) in [4.78, 5) is 0. The zero-order valence-corrected chi connectivity index (χ0v) is 12.3. The van der Waals surface area contributed by atoms with Gasteiger partial charge in [-0.1, -0.05) is 51.1 Å². The number of aryl methyl sites for hydroxylation is 1. The lowest BCUT2D eigenvalue weighted by Crippen LogP contribution is -2.48. The van der Waals surface area contributed by atoms with Crippen LogP contribution in [0.5, 0.6) is 0 Å². The fourth-order valence-electron chi connectivity index (χ4n) is 1.98. The van der Waals surface area contributed by atoms with Gasteiger partial charge in [0, 0.05) is 12.6 Å². The average molecular weight is 265 g/mol. The lowest BCUT2D eigenvalue weighted by atomic mass is 9.84. The van der Waals surface area contributed by atoms with E-state index < -0.39 is 0 Å². The second-order valence-corrected chi connectivity index (χ2v) is 6.07. The molecule has 0 fully saturated rings. The quantitative estimate of drug-likeness (QED) is 0.744. The van der Waals surface area contributed by atoms with E-state index in [1.54, 1.807) is 0 Å². The highest BCUT2D eigenvalue weighted by Crippen LogP contribution is 2.21. The average Bonchev–Trinajstić information content (AvgIpc) is 2.38. The Morgan fingerprint density at radius 3 is 2.37 bits per heavy atom. The zero-order chi connectivity index (χ0) is 14.3. The lowest BCUT2D eigenvalue weighted by molar-refractivity contribution is -0.0249. The van der Waals surface area contributed by atoms with Crippen LogP contribution in [0.15, 0.2) is 30.3 Å². The summed E-state index contributed by atoms with van der Waals surface area (Å²) in [7, 11) is 0. The van der Waals surface area contributed by atoms with E-state index in [9.17, 15) is 5.11 Å². The van der Waals surface area contributed by atoms with Crippen molar-refractivity contribution in [3.05, 3.63) is 35.9 Å². The van der Waals surface area contributed by atoms with Crippen LogP contribution in [0.1, 0.15) is 32.8 Å². The predicted molar refractivity (Wildman–Crippen MR) is 79.0 cm³/mol. The second-order valence-electron chi connectivity index (χ2n) is 6.07. The molecular formula is C16H27NO2. The molecular weight excluding hydrogens is 238 g/mol. The van der Waals surface area contributed by atoms with Crippen molar-refractivity contribution in [2.75, 3.05) is 13.2 Å². The molecule has 19 heavy (non-hydrogen) atoms. The Balaban J connectivity index is 2.31. The molecule has 0 aliphatic rings. The Labute approximate surface area is 116 Å². The number of rotatable bonds is 7. The maximum absolute atomic E-state index is 9.37. The van der Waals surface area contributed by atoms with Gasteiger partial charge in [0.05, 0.1) is 12.7 Å². The Kier molecular flexibility index (Phi) is 6.49. The summed E-state index contributed by atoms with van der Waals surface area (Å²) in [6, 6.07) is 10.2. The van der Waals surface area contributed by atoms with Gasteiger partial charge in [0.15, 0.2) is 0 Å². The van der Waals surface area contributed by atoms with Crippen molar-refractivity contribution < 1.29 is 9.84 Å². The normalized spacial score (nSPS) is 15.2. The fourth-order valence-corrected chi connectivity index (χ4v) is 1.98. The standard InChI is InChI=1S/C16H27NO2/c1-16(2,3)15(17)14(12-18)19-11-7-10-13-8-5-4-6-9-13/h4-6,8-9,14-15,18H,7,10-12,17H2,1-3H3. The minimum Gasteiger partial charge on any atom is -0.394 e. The molecule has 0 saturated carbocycles. The largest absolute Gasteiger partial charge is 0.394 e. The molecule has 3 N–H and O–H groups in total. The molecule has 0 aliphatic heterocycles. The van der Waals surface area contributed by atoms with E-state index in [1.165, 1.54) is 5.56 Å². The Hall–Kier alpha value is -0.900. The monoisotopic (exact) mass is 265 g/mol. The molecule has 2 unspecified atom stereocenters. The molecule has 1 aromatic carbocycles. The first-order valence-electron chi connectivity index (χ1n) is 6.97. The van der Waals surface area contributed by atoms with Crippen molar-refractivity contribution in [2.24, 2.45) is 11.1 Å². The first-order chi connectivity index (χ1) is 8.95. The predicted octanol–water partition coefficient (Wildman–Crippen LogP) is 2.37. The van der Waals surface area contributed by atoms with Crippen molar-refractivity contribution in [1.29, 1.82) is 0 Å². The van der Waals surface area contributed by atoms with Crippen LogP contribution in [0.25, 0.3) is 0 Å². The molecule has 0 bridgehead atoms. The third kappa shape index (κ3) is 5.72. The molecule has 3 heteroatoms. The molecule has 0 heterocycles. The van der Waals surface area contributed by atoms with Gasteiger partial charge in [-0.2, -0.15) is 0 Å². The van der Waals surface area contributed by atoms with Gasteiger partial charge < -0.3 is 15.6 Å². The number of aliphatic hydroxyl groups excluding tert-OH is 1. The highest BCUT2D eigenvalue weighted by atomic mass is 16.5. The Morgan fingerprint density at radius 1 is 1.21 bits per heavy atom. The number of aliphatic hydroxyl groups is 1. The van der Waals surface area contributed by atoms with Crippen LogP contribution in [-0.4, -0.2) is 30.5 Å². The first kappa shape index (κ1) is 16.2. The van der Waals surface area contributed by atoms with E-state index in [1.807, 2.05) is 18.2 Å². The van der Waals surface area contributed by atoms with Crippen molar-refractivity contribution in [1.82, 2.24) is 0 Å². The van der Waals surface area contributed by atoms with Crippen LogP contribution in [0.2, 0.25) is 0 Å². The SMILES string of the molecule is CC(C)(C)C(N)C(CO)OCCCc1ccccc1. The lowest BCUT2D eigenvalue weighted by Gasteiger charge is -2.33. The molecule has 2 atom stereocenters. The van der Waals surface area contributed by atoms with Crippen LogP contribution in [0, 0.1) is 5.41 Å². The van der Waals surface area contributed by atoms with Gasteiger partial charge in [-0.25, -0.2) is 0 Å². The zero-order valence-electron chi connectivity index (χ0n) is 12.3. The van der Waals surface area contributed by atoms with Crippen LogP contribution in [0.3, 0.4) is 0 Å². The summed E-state index contributed by atoms with van der Waals surface area (Å²) in [5, 5.41) is 9.37. The Bertz CT molecular complexity index is 346. The summed E-state index contributed by atoms with van der Waals surface area (Å²) in [5.41, 5.74) is 7.36. The molecule has 0 aliphatic carbocycles. The Morgan fingerprint density at radius 2 is 1.84 bits per heavy atom. The minimum atomic E-state index is -0.282. The van der Waals surface area contributed by atoms with Gasteiger partial charge in [0.25, 0.3) is 0 Å². The van der Waals surface area contributed by atoms with Crippen LogP contribution < -0.4 is 5.73 Å². The third-order valence-electron chi connectivity index (χ3n) is 3.37. The number of hydrogen-bond acceptors (Lipinski definition) is 3. The van der Waals surface area contributed by atoms with E-state index in [-0.39, 0.29) is 24.2 Å². The van der Waals surface area contributed by atoms with Gasteiger partial charge in [-0.05, 0) is 23.8 Å². The van der Waals surface area contributed by atoms with E-state index >= 15 is 0 Å². The molecule has 3 nitrogen and oxygen atoms in total. The van der Waals surface area contributed by atoms with E-state index in [0.29, 0.717) is 6.61 Å².